The molecule has 2 nitrogen and oxygen atoms in total. The Kier molecular flexibility index (Phi) is 17.2. The van der Waals surface area contributed by atoms with E-state index >= 15 is 0 Å². The number of aromatic nitrogens is 1. The summed E-state index contributed by atoms with van der Waals surface area (Å²) in [6, 6.07) is 21.6. The monoisotopic (exact) mass is 575 g/mol. The zero-order valence-electron chi connectivity index (χ0n) is 25.1. The van der Waals surface area contributed by atoms with Crippen LogP contribution in [0.25, 0.3) is 10.8 Å². The zero-order chi connectivity index (χ0) is 29.8. The van der Waals surface area contributed by atoms with Crippen molar-refractivity contribution >= 4 is 18.0 Å². The van der Waals surface area contributed by atoms with Crippen LogP contribution < -0.4 is 9.57 Å². The lowest BCUT2D eigenvalue weighted by atomic mass is 9.91. The van der Waals surface area contributed by atoms with E-state index in [4.69, 9.17) is 4.84 Å². The van der Waals surface area contributed by atoms with Crippen LogP contribution in [-0.4, -0.2) is 13.4 Å². The standard InChI is InChI=1S/C34H50NO.BF4/c1-3-4-5-6-7-8-9-10-11-12-13-15-24-33(36-35-26-18-14-19-27-35)29-30(2)28-32-23-20-22-31-21-16-17-25-34(31)32;2-1(3,4)5/h14,16-23,25-27,30,33H,3-13,15,24,28-29H2,1-2H3;/q+1;-1. The predicted molar refractivity (Wildman–Crippen MR) is 164 cm³/mol. The van der Waals surface area contributed by atoms with Crippen molar-refractivity contribution in [3.05, 3.63) is 78.6 Å². The van der Waals surface area contributed by atoms with E-state index in [1.54, 1.807) is 0 Å². The average molecular weight is 576 g/mol. The summed E-state index contributed by atoms with van der Waals surface area (Å²) >= 11 is 0. The van der Waals surface area contributed by atoms with Crippen LogP contribution in [0, 0.1) is 5.92 Å². The minimum absolute atomic E-state index is 0.255. The van der Waals surface area contributed by atoms with Crippen LogP contribution in [-0.2, 0) is 6.42 Å². The summed E-state index contributed by atoms with van der Waals surface area (Å²) in [4.78, 5) is 6.43. The van der Waals surface area contributed by atoms with Crippen molar-refractivity contribution in [3.8, 4) is 0 Å². The van der Waals surface area contributed by atoms with Crippen molar-refractivity contribution in [2.75, 3.05) is 0 Å². The van der Waals surface area contributed by atoms with Crippen molar-refractivity contribution in [2.45, 2.75) is 116 Å². The van der Waals surface area contributed by atoms with E-state index in [9.17, 15) is 17.3 Å². The number of halogens is 4. The van der Waals surface area contributed by atoms with Gasteiger partial charge in [0.15, 0.2) is 6.10 Å². The molecule has 0 spiro atoms. The van der Waals surface area contributed by atoms with Crippen LogP contribution in [0.3, 0.4) is 0 Å². The molecule has 1 aromatic heterocycles. The molecule has 0 aliphatic heterocycles. The fourth-order valence-corrected chi connectivity index (χ4v) is 5.43. The normalized spacial score (nSPS) is 12.9. The van der Waals surface area contributed by atoms with Gasteiger partial charge >= 0.3 is 7.25 Å². The molecule has 0 N–H and O–H groups in total. The molecule has 3 aromatic rings. The molecule has 0 saturated heterocycles. The van der Waals surface area contributed by atoms with Gasteiger partial charge in [0, 0.05) is 16.9 Å². The van der Waals surface area contributed by atoms with E-state index in [1.165, 1.54) is 93.4 Å². The highest BCUT2D eigenvalue weighted by Crippen LogP contribution is 2.24. The first-order valence-corrected chi connectivity index (χ1v) is 15.7. The van der Waals surface area contributed by atoms with Gasteiger partial charge in [-0.1, -0.05) is 133 Å². The fourth-order valence-electron chi connectivity index (χ4n) is 5.43. The Bertz CT molecular complexity index is 1050. The maximum absolute atomic E-state index is 9.75. The second kappa shape index (κ2) is 20.3. The number of benzene rings is 2. The molecule has 2 unspecified atom stereocenters. The van der Waals surface area contributed by atoms with Gasteiger partial charge in [0.25, 0.3) is 0 Å². The summed E-state index contributed by atoms with van der Waals surface area (Å²) < 4.78 is 40.9. The Labute approximate surface area is 245 Å². The summed E-state index contributed by atoms with van der Waals surface area (Å²) in [5.41, 5.74) is 1.46. The highest BCUT2D eigenvalue weighted by molar-refractivity contribution is 6.50. The molecule has 2 aromatic carbocycles. The molecular formula is C34H50BF4NO. The predicted octanol–water partition coefficient (Wildman–Crippen LogP) is 10.6. The van der Waals surface area contributed by atoms with Crippen molar-refractivity contribution in [1.29, 1.82) is 0 Å². The van der Waals surface area contributed by atoms with Gasteiger partial charge in [0.1, 0.15) is 0 Å². The van der Waals surface area contributed by atoms with Crippen LogP contribution >= 0.6 is 0 Å². The molecule has 0 bridgehead atoms. The topological polar surface area (TPSA) is 13.1 Å². The van der Waals surface area contributed by atoms with E-state index in [1.807, 2.05) is 35.3 Å². The van der Waals surface area contributed by atoms with E-state index in [0.717, 1.165) is 19.3 Å². The van der Waals surface area contributed by atoms with Crippen molar-refractivity contribution in [1.82, 2.24) is 0 Å². The summed E-state index contributed by atoms with van der Waals surface area (Å²) in [6.45, 7) is 4.68. The van der Waals surface area contributed by atoms with Crippen LogP contribution in [0.15, 0.2) is 73.1 Å². The highest BCUT2D eigenvalue weighted by atomic mass is 19.5. The number of unbranched alkanes of at least 4 members (excludes halogenated alkanes) is 11. The third-order valence-electron chi connectivity index (χ3n) is 7.45. The minimum atomic E-state index is -6.00. The third kappa shape index (κ3) is 17.1. The molecule has 0 radical (unpaired) electrons. The Morgan fingerprint density at radius 3 is 1.83 bits per heavy atom. The number of nitrogens with zero attached hydrogens (tertiary/aromatic N) is 1. The number of pyridine rings is 1. The molecule has 0 aliphatic carbocycles. The molecule has 1 heterocycles. The highest BCUT2D eigenvalue weighted by Gasteiger charge is 2.21. The van der Waals surface area contributed by atoms with E-state index < -0.39 is 7.25 Å². The lowest BCUT2D eigenvalue weighted by Gasteiger charge is -2.19. The second-order valence-electron chi connectivity index (χ2n) is 11.3. The zero-order valence-corrected chi connectivity index (χ0v) is 25.1. The summed E-state index contributed by atoms with van der Waals surface area (Å²) in [7, 11) is -6.00. The Balaban J connectivity index is 0.00000108. The molecular weight excluding hydrogens is 525 g/mol. The number of fused-ring (bicyclic) bond motifs is 1. The van der Waals surface area contributed by atoms with Gasteiger partial charge in [0.2, 0.25) is 12.4 Å². The maximum atomic E-state index is 9.75. The van der Waals surface area contributed by atoms with Crippen molar-refractivity contribution in [2.24, 2.45) is 5.92 Å². The first kappa shape index (κ1) is 34.6. The number of rotatable bonds is 19. The molecule has 0 fully saturated rings. The van der Waals surface area contributed by atoms with Gasteiger partial charge in [-0.3, -0.25) is 4.84 Å². The van der Waals surface area contributed by atoms with Gasteiger partial charge < -0.3 is 17.3 Å². The molecule has 2 atom stereocenters. The molecule has 3 rings (SSSR count). The van der Waals surface area contributed by atoms with Crippen LogP contribution in [0.2, 0.25) is 0 Å². The first-order valence-electron chi connectivity index (χ1n) is 15.7. The lowest BCUT2D eigenvalue weighted by molar-refractivity contribution is -0.899. The Morgan fingerprint density at radius 1 is 0.683 bits per heavy atom. The van der Waals surface area contributed by atoms with Crippen LogP contribution in [0.4, 0.5) is 17.3 Å². The van der Waals surface area contributed by atoms with Gasteiger partial charge in [-0.15, -0.1) is 0 Å². The smallest absolute Gasteiger partial charge is 0.418 e. The van der Waals surface area contributed by atoms with Gasteiger partial charge in [-0.05, 0) is 47.9 Å². The molecule has 228 valence electrons. The Hall–Kier alpha value is -2.57. The molecule has 0 saturated carbocycles. The van der Waals surface area contributed by atoms with Crippen molar-refractivity contribution < 1.29 is 26.8 Å². The lowest BCUT2D eigenvalue weighted by Crippen LogP contribution is -2.47. The van der Waals surface area contributed by atoms with Gasteiger partial charge in [-0.2, -0.15) is 0 Å². The summed E-state index contributed by atoms with van der Waals surface area (Å²) in [6.07, 6.45) is 24.3. The van der Waals surface area contributed by atoms with E-state index in [0.29, 0.717) is 5.92 Å². The summed E-state index contributed by atoms with van der Waals surface area (Å²) in [5, 5.41) is 2.73. The SMILES string of the molecule is CCCCCCCCCCCCCCC(CC(C)Cc1cccc2ccccc12)O[n+]1ccccc1.F[B-](F)(F)F. The quantitative estimate of drug-likeness (QED) is 0.0600. The Morgan fingerprint density at radius 2 is 1.22 bits per heavy atom. The van der Waals surface area contributed by atoms with Crippen molar-refractivity contribution in [3.63, 3.8) is 0 Å². The second-order valence-corrected chi connectivity index (χ2v) is 11.3. The van der Waals surface area contributed by atoms with Gasteiger partial charge in [0.05, 0.1) is 0 Å². The average Bonchev–Trinajstić information content (AvgIpc) is 2.93. The van der Waals surface area contributed by atoms with E-state index in [2.05, 4.69) is 56.3 Å². The number of hydrogen-bond donors (Lipinski definition) is 0. The van der Waals surface area contributed by atoms with Crippen LogP contribution in [0.5, 0.6) is 0 Å². The number of hydrogen-bond acceptors (Lipinski definition) is 1. The molecule has 0 aliphatic rings. The molecule has 7 heteroatoms. The minimum Gasteiger partial charge on any atom is -0.418 e. The molecule has 0 amide bonds. The first-order chi connectivity index (χ1) is 19.8. The van der Waals surface area contributed by atoms with Crippen LogP contribution in [0.1, 0.15) is 109 Å². The summed E-state index contributed by atoms with van der Waals surface area (Å²) in [5.74, 6) is 0.572. The van der Waals surface area contributed by atoms with Gasteiger partial charge in [-0.25, -0.2) is 0 Å². The maximum Gasteiger partial charge on any atom is 0.673 e. The molecule has 41 heavy (non-hydrogen) atoms. The third-order valence-corrected chi connectivity index (χ3v) is 7.45. The largest absolute Gasteiger partial charge is 0.673 e. The van der Waals surface area contributed by atoms with E-state index in [-0.39, 0.29) is 6.10 Å². The fraction of sp³-hybridized carbons (Fsp3) is 0.559.